The first-order valence-electron chi connectivity index (χ1n) is 6.77. The molecule has 0 aromatic carbocycles. The normalized spacial score (nSPS) is 19.2. The lowest BCUT2D eigenvalue weighted by molar-refractivity contribution is -0.157. The first-order valence-corrected chi connectivity index (χ1v) is 6.77. The van der Waals surface area contributed by atoms with Crippen molar-refractivity contribution in [2.75, 3.05) is 6.73 Å². The summed E-state index contributed by atoms with van der Waals surface area (Å²) in [5.41, 5.74) is -1.35. The highest BCUT2D eigenvalue weighted by molar-refractivity contribution is 5.88. The van der Waals surface area contributed by atoms with Gasteiger partial charge in [-0.25, -0.2) is 9.59 Å². The molecule has 0 aromatic rings. The van der Waals surface area contributed by atoms with E-state index in [1.165, 1.54) is 0 Å². The van der Waals surface area contributed by atoms with Gasteiger partial charge in [0.25, 0.3) is 0 Å². The predicted octanol–water partition coefficient (Wildman–Crippen LogP) is 1.84. The molecular formula is C14H23NO6. The summed E-state index contributed by atoms with van der Waals surface area (Å²) in [5, 5.41) is 0. The number of nitrogens with zero attached hydrogens (tertiary/aromatic N) is 1. The summed E-state index contributed by atoms with van der Waals surface area (Å²) in [6, 6.07) is -1.00. The van der Waals surface area contributed by atoms with Gasteiger partial charge < -0.3 is 14.2 Å². The molecule has 1 atom stereocenters. The molecule has 0 aromatic heterocycles. The molecule has 1 fully saturated rings. The maximum atomic E-state index is 12.0. The van der Waals surface area contributed by atoms with Gasteiger partial charge in [-0.2, -0.15) is 0 Å². The van der Waals surface area contributed by atoms with Crippen molar-refractivity contribution in [3.05, 3.63) is 0 Å². The molecule has 1 aliphatic rings. The largest absolute Gasteiger partial charge is 0.460 e. The molecule has 1 saturated heterocycles. The van der Waals surface area contributed by atoms with Crippen LogP contribution in [0.3, 0.4) is 0 Å². The van der Waals surface area contributed by atoms with Gasteiger partial charge in [0.2, 0.25) is 0 Å². The Balaban J connectivity index is 2.71. The average molecular weight is 301 g/mol. The summed E-state index contributed by atoms with van der Waals surface area (Å²) >= 11 is 0. The van der Waals surface area contributed by atoms with Crippen LogP contribution in [-0.2, 0) is 23.8 Å². The number of hydrogen-bond acceptors (Lipinski definition) is 6. The van der Waals surface area contributed by atoms with Crippen molar-refractivity contribution >= 4 is 18.0 Å². The second kappa shape index (κ2) is 5.91. The van der Waals surface area contributed by atoms with E-state index in [0.717, 1.165) is 4.90 Å². The molecule has 0 aliphatic carbocycles. The van der Waals surface area contributed by atoms with Crippen LogP contribution >= 0.6 is 0 Å². The lowest BCUT2D eigenvalue weighted by Crippen LogP contribution is -2.43. The van der Waals surface area contributed by atoms with Gasteiger partial charge in [0.05, 0.1) is 6.42 Å². The maximum absolute atomic E-state index is 12.0. The van der Waals surface area contributed by atoms with Crippen LogP contribution in [0.2, 0.25) is 0 Å². The zero-order chi connectivity index (χ0) is 16.4. The topological polar surface area (TPSA) is 82.1 Å². The van der Waals surface area contributed by atoms with E-state index in [1.54, 1.807) is 41.5 Å². The van der Waals surface area contributed by atoms with Crippen molar-refractivity contribution in [2.24, 2.45) is 0 Å². The van der Waals surface area contributed by atoms with Gasteiger partial charge in [-0.15, -0.1) is 0 Å². The number of esters is 2. The van der Waals surface area contributed by atoms with Crippen LogP contribution in [0.25, 0.3) is 0 Å². The highest BCUT2D eigenvalue weighted by Crippen LogP contribution is 2.20. The van der Waals surface area contributed by atoms with Gasteiger partial charge in [-0.05, 0) is 41.5 Å². The zero-order valence-electron chi connectivity index (χ0n) is 13.4. The molecule has 0 spiro atoms. The summed E-state index contributed by atoms with van der Waals surface area (Å²) in [6.07, 6.45) is -0.947. The molecule has 120 valence electrons. The van der Waals surface area contributed by atoms with E-state index in [9.17, 15) is 14.4 Å². The van der Waals surface area contributed by atoms with Crippen LogP contribution in [-0.4, -0.2) is 46.9 Å². The second-order valence-corrected chi connectivity index (χ2v) is 6.85. The first-order chi connectivity index (χ1) is 9.39. The summed E-state index contributed by atoms with van der Waals surface area (Å²) < 4.78 is 15.2. The Bertz CT molecular complexity index is 432. The Labute approximate surface area is 124 Å². The predicted molar refractivity (Wildman–Crippen MR) is 73.3 cm³/mol. The molecule has 0 saturated carbocycles. The molecule has 1 rings (SSSR count). The van der Waals surface area contributed by atoms with Crippen LogP contribution in [0.1, 0.15) is 48.0 Å². The van der Waals surface area contributed by atoms with Crippen molar-refractivity contribution in [3.8, 4) is 0 Å². The minimum Gasteiger partial charge on any atom is -0.460 e. The average Bonchev–Trinajstić information content (AvgIpc) is 2.55. The lowest BCUT2D eigenvalue weighted by Gasteiger charge is -2.26. The van der Waals surface area contributed by atoms with Crippen LogP contribution in [0, 0.1) is 0 Å². The van der Waals surface area contributed by atoms with E-state index in [2.05, 4.69) is 0 Å². The Morgan fingerprint density at radius 1 is 1.14 bits per heavy atom. The smallest absolute Gasteiger partial charge is 0.413 e. The highest BCUT2D eigenvalue weighted by Gasteiger charge is 2.42. The van der Waals surface area contributed by atoms with Gasteiger partial charge in [0.15, 0.2) is 6.73 Å². The maximum Gasteiger partial charge on any atom is 0.413 e. The van der Waals surface area contributed by atoms with Crippen molar-refractivity contribution in [1.29, 1.82) is 0 Å². The Morgan fingerprint density at radius 3 is 2.14 bits per heavy atom. The zero-order valence-corrected chi connectivity index (χ0v) is 13.4. The first kappa shape index (κ1) is 17.3. The third kappa shape index (κ3) is 5.61. The van der Waals surface area contributed by atoms with Gasteiger partial charge in [0, 0.05) is 0 Å². The number of rotatable bonds is 2. The Morgan fingerprint density at radius 2 is 1.67 bits per heavy atom. The number of amides is 1. The third-order valence-corrected chi connectivity index (χ3v) is 2.40. The fraction of sp³-hybridized carbons (Fsp3) is 0.786. The molecule has 0 radical (unpaired) electrons. The van der Waals surface area contributed by atoms with Gasteiger partial charge in [-0.1, -0.05) is 0 Å². The van der Waals surface area contributed by atoms with Gasteiger partial charge >= 0.3 is 18.0 Å². The summed E-state index contributed by atoms with van der Waals surface area (Å²) in [6.45, 7) is 10.1. The minimum atomic E-state index is -1.00. The molecule has 0 unspecified atom stereocenters. The minimum absolute atomic E-state index is 0.221. The lowest BCUT2D eigenvalue weighted by atomic mass is 10.1. The molecule has 7 heteroatoms. The molecule has 1 heterocycles. The monoisotopic (exact) mass is 301 g/mol. The van der Waals surface area contributed by atoms with Gasteiger partial charge in [0.1, 0.15) is 17.2 Å². The third-order valence-electron chi connectivity index (χ3n) is 2.40. The molecule has 7 nitrogen and oxygen atoms in total. The molecule has 0 bridgehead atoms. The van der Waals surface area contributed by atoms with E-state index < -0.39 is 35.3 Å². The number of cyclic esters (lactones) is 1. The van der Waals surface area contributed by atoms with E-state index in [4.69, 9.17) is 14.2 Å². The van der Waals surface area contributed by atoms with Crippen LogP contribution in [0.15, 0.2) is 0 Å². The standard InChI is InChI=1S/C14H23NO6/c1-13(2,3)20-10(16)7-9-11(17)19-8-15(9)12(18)21-14(4,5)6/h9H,7-8H2,1-6H3/t9-/m0/s1. The van der Waals surface area contributed by atoms with Crippen molar-refractivity contribution in [3.63, 3.8) is 0 Å². The summed E-state index contributed by atoms with van der Waals surface area (Å²) in [7, 11) is 0. The van der Waals surface area contributed by atoms with Crippen molar-refractivity contribution in [1.82, 2.24) is 4.90 Å². The molecular weight excluding hydrogens is 278 g/mol. The number of ether oxygens (including phenoxy) is 3. The second-order valence-electron chi connectivity index (χ2n) is 6.85. The molecule has 1 aliphatic heterocycles. The van der Waals surface area contributed by atoms with E-state index in [1.807, 2.05) is 0 Å². The fourth-order valence-corrected chi connectivity index (χ4v) is 1.68. The van der Waals surface area contributed by atoms with Crippen LogP contribution in [0.4, 0.5) is 4.79 Å². The fourth-order valence-electron chi connectivity index (χ4n) is 1.68. The summed E-state index contributed by atoms with van der Waals surface area (Å²) in [4.78, 5) is 36.6. The van der Waals surface area contributed by atoms with Crippen LogP contribution < -0.4 is 0 Å². The number of carbonyl (C=O) groups excluding carboxylic acids is 3. The quantitative estimate of drug-likeness (QED) is 0.572. The van der Waals surface area contributed by atoms with Crippen molar-refractivity contribution < 1.29 is 28.6 Å². The highest BCUT2D eigenvalue weighted by atomic mass is 16.6. The molecule has 0 N–H and O–H groups in total. The molecule has 21 heavy (non-hydrogen) atoms. The van der Waals surface area contributed by atoms with Crippen LogP contribution in [0.5, 0.6) is 0 Å². The Hall–Kier alpha value is -1.79. The SMILES string of the molecule is CC(C)(C)OC(=O)C[C@H]1C(=O)OCN1C(=O)OC(C)(C)C. The number of carbonyl (C=O) groups is 3. The summed E-state index contributed by atoms with van der Waals surface area (Å²) in [5.74, 6) is -1.20. The number of hydrogen-bond donors (Lipinski definition) is 0. The molecule has 1 amide bonds. The van der Waals surface area contributed by atoms with Crippen molar-refractivity contribution in [2.45, 2.75) is 65.2 Å². The Kier molecular flexibility index (Phi) is 4.86. The van der Waals surface area contributed by atoms with Gasteiger partial charge in [-0.3, -0.25) is 9.69 Å². The van der Waals surface area contributed by atoms with E-state index in [-0.39, 0.29) is 13.2 Å². The van der Waals surface area contributed by atoms with E-state index >= 15 is 0 Å². The van der Waals surface area contributed by atoms with E-state index in [0.29, 0.717) is 0 Å².